The van der Waals surface area contributed by atoms with E-state index in [1.165, 1.54) is 0 Å². The van der Waals surface area contributed by atoms with Gasteiger partial charge >= 0.3 is 0 Å². The Balaban J connectivity index is 1.96. The van der Waals surface area contributed by atoms with Gasteiger partial charge in [0.2, 0.25) is 0 Å². The number of nitrogens with zero attached hydrogens (tertiary/aromatic N) is 3. The summed E-state index contributed by atoms with van der Waals surface area (Å²) in [5, 5.41) is 8.54. The Morgan fingerprint density at radius 1 is 1.04 bits per heavy atom. The van der Waals surface area contributed by atoms with Crippen molar-refractivity contribution in [1.29, 1.82) is 0 Å². The van der Waals surface area contributed by atoms with Crippen molar-refractivity contribution in [1.82, 2.24) is 15.1 Å². The van der Waals surface area contributed by atoms with Crippen LogP contribution in [0.2, 0.25) is 0 Å². The number of amidine groups is 1. The van der Waals surface area contributed by atoms with E-state index in [-0.39, 0.29) is 0 Å². The van der Waals surface area contributed by atoms with Gasteiger partial charge in [-0.1, -0.05) is 42.5 Å². The normalized spacial score (nSPS) is 12.2. The van der Waals surface area contributed by atoms with Crippen LogP contribution in [0.4, 0.5) is 5.69 Å². The van der Waals surface area contributed by atoms with Crippen LogP contribution >= 0.6 is 0 Å². The maximum absolute atomic E-state index is 4.68. The lowest BCUT2D eigenvalue weighted by Crippen LogP contribution is -2.17. The van der Waals surface area contributed by atoms with Crippen LogP contribution in [0.3, 0.4) is 0 Å². The second-order valence-electron chi connectivity index (χ2n) is 5.60. The van der Waals surface area contributed by atoms with Crippen molar-refractivity contribution in [2.45, 2.75) is 6.92 Å². The molecular weight excluding hydrogens is 284 g/mol. The Morgan fingerprint density at radius 2 is 1.78 bits per heavy atom. The van der Waals surface area contributed by atoms with Gasteiger partial charge in [0, 0.05) is 25.0 Å². The van der Waals surface area contributed by atoms with E-state index in [0.29, 0.717) is 0 Å². The Hall–Kier alpha value is -2.88. The van der Waals surface area contributed by atoms with Crippen molar-refractivity contribution in [3.05, 3.63) is 59.8 Å². The number of para-hydroxylation sites is 2. The molecule has 0 unspecified atom stereocenters. The van der Waals surface area contributed by atoms with Crippen LogP contribution < -0.4 is 0 Å². The fourth-order valence-corrected chi connectivity index (χ4v) is 2.29. The van der Waals surface area contributed by atoms with E-state index < -0.39 is 0 Å². The summed E-state index contributed by atoms with van der Waals surface area (Å²) in [6.07, 6.45) is 4.09. The first-order valence-corrected chi connectivity index (χ1v) is 7.58. The van der Waals surface area contributed by atoms with Gasteiger partial charge < -0.3 is 4.90 Å². The van der Waals surface area contributed by atoms with Gasteiger partial charge in [-0.3, -0.25) is 5.10 Å². The number of fused-ring (bicyclic) bond motifs is 1. The van der Waals surface area contributed by atoms with E-state index in [1.54, 1.807) is 0 Å². The van der Waals surface area contributed by atoms with Crippen LogP contribution in [0.1, 0.15) is 18.2 Å². The van der Waals surface area contributed by atoms with Crippen molar-refractivity contribution >= 4 is 34.6 Å². The van der Waals surface area contributed by atoms with E-state index in [4.69, 9.17) is 0 Å². The van der Waals surface area contributed by atoms with Gasteiger partial charge in [-0.25, -0.2) is 4.99 Å². The molecule has 1 aromatic heterocycles. The van der Waals surface area contributed by atoms with E-state index in [1.807, 2.05) is 68.4 Å². The van der Waals surface area contributed by atoms with E-state index in [0.717, 1.165) is 33.7 Å². The highest BCUT2D eigenvalue weighted by molar-refractivity contribution is 5.90. The number of hydrogen-bond donors (Lipinski definition) is 1. The summed E-state index contributed by atoms with van der Waals surface area (Å²) in [6, 6.07) is 16.2. The molecule has 2 aromatic carbocycles. The summed E-state index contributed by atoms with van der Waals surface area (Å²) in [5.74, 6) is 0.969. The summed E-state index contributed by atoms with van der Waals surface area (Å²) in [5.41, 5.74) is 4.00. The predicted octanol–water partition coefficient (Wildman–Crippen LogP) is 4.34. The van der Waals surface area contributed by atoms with Crippen LogP contribution in [-0.4, -0.2) is 35.0 Å². The SMILES string of the molecule is CC(=Nc1ccccc1/C=C/c1n[nH]c2ccccc12)N(C)C. The topological polar surface area (TPSA) is 44.3 Å². The second kappa shape index (κ2) is 6.48. The van der Waals surface area contributed by atoms with Gasteiger partial charge in [-0.05, 0) is 25.1 Å². The van der Waals surface area contributed by atoms with E-state index in [9.17, 15) is 0 Å². The molecule has 0 saturated carbocycles. The molecule has 116 valence electrons. The van der Waals surface area contributed by atoms with Crippen molar-refractivity contribution in [3.63, 3.8) is 0 Å². The Bertz CT molecular complexity index is 872. The molecule has 1 heterocycles. The molecule has 0 fully saturated rings. The highest BCUT2D eigenvalue weighted by Crippen LogP contribution is 2.23. The molecule has 4 nitrogen and oxygen atoms in total. The van der Waals surface area contributed by atoms with Crippen LogP contribution in [0.15, 0.2) is 53.5 Å². The van der Waals surface area contributed by atoms with Crippen LogP contribution in [0.5, 0.6) is 0 Å². The third-order valence-electron chi connectivity index (χ3n) is 3.79. The Kier molecular flexibility index (Phi) is 4.24. The number of H-pyrrole nitrogens is 1. The maximum Gasteiger partial charge on any atom is 0.101 e. The molecule has 0 aliphatic rings. The molecule has 0 saturated heterocycles. The molecule has 0 radical (unpaired) electrons. The summed E-state index contributed by atoms with van der Waals surface area (Å²) >= 11 is 0. The average molecular weight is 304 g/mol. The summed E-state index contributed by atoms with van der Waals surface area (Å²) in [7, 11) is 3.99. The van der Waals surface area contributed by atoms with E-state index in [2.05, 4.69) is 33.4 Å². The lowest BCUT2D eigenvalue weighted by atomic mass is 10.1. The first kappa shape index (κ1) is 15.0. The molecule has 0 spiro atoms. The fourth-order valence-electron chi connectivity index (χ4n) is 2.29. The molecule has 1 N–H and O–H groups in total. The van der Waals surface area contributed by atoms with Gasteiger partial charge in [0.1, 0.15) is 5.84 Å². The first-order valence-electron chi connectivity index (χ1n) is 7.58. The Labute approximate surface area is 136 Å². The minimum Gasteiger partial charge on any atom is -0.366 e. The third kappa shape index (κ3) is 3.31. The standard InChI is InChI=1S/C19H20N4/c1-14(23(2)3)20-17-10-6-4-8-15(17)12-13-19-16-9-5-7-11-18(16)21-22-19/h4-13H,1-3H3,(H,21,22)/b13-12+,20-14?. The highest BCUT2D eigenvalue weighted by Gasteiger charge is 2.03. The number of nitrogens with one attached hydrogen (secondary N) is 1. The molecular formula is C19H20N4. The zero-order chi connectivity index (χ0) is 16.2. The van der Waals surface area contributed by atoms with Crippen LogP contribution in [0.25, 0.3) is 23.1 Å². The zero-order valence-corrected chi connectivity index (χ0v) is 13.6. The molecule has 4 heteroatoms. The maximum atomic E-state index is 4.68. The molecule has 0 bridgehead atoms. The number of rotatable bonds is 3. The van der Waals surface area contributed by atoms with Gasteiger partial charge in [0.15, 0.2) is 0 Å². The molecule has 0 aliphatic heterocycles. The molecule has 0 atom stereocenters. The molecule has 3 aromatic rings. The van der Waals surface area contributed by atoms with Gasteiger partial charge in [-0.15, -0.1) is 0 Å². The third-order valence-corrected chi connectivity index (χ3v) is 3.79. The average Bonchev–Trinajstić information content (AvgIpc) is 2.97. The highest BCUT2D eigenvalue weighted by atomic mass is 15.1. The number of benzene rings is 2. The van der Waals surface area contributed by atoms with Crippen molar-refractivity contribution in [2.24, 2.45) is 4.99 Å². The minimum absolute atomic E-state index is 0.934. The number of aromatic nitrogens is 2. The molecule has 0 aliphatic carbocycles. The minimum atomic E-state index is 0.934. The van der Waals surface area contributed by atoms with Gasteiger partial charge in [0.05, 0.1) is 16.9 Å². The number of hydrogen-bond acceptors (Lipinski definition) is 2. The first-order chi connectivity index (χ1) is 11.1. The Morgan fingerprint density at radius 3 is 2.61 bits per heavy atom. The summed E-state index contributed by atoms with van der Waals surface area (Å²) < 4.78 is 0. The molecule has 3 rings (SSSR count). The monoisotopic (exact) mass is 304 g/mol. The van der Waals surface area contributed by atoms with Crippen molar-refractivity contribution in [2.75, 3.05) is 14.1 Å². The van der Waals surface area contributed by atoms with Crippen molar-refractivity contribution < 1.29 is 0 Å². The summed E-state index contributed by atoms with van der Waals surface area (Å²) in [4.78, 5) is 6.69. The lowest BCUT2D eigenvalue weighted by Gasteiger charge is -2.11. The van der Waals surface area contributed by atoms with Crippen LogP contribution in [-0.2, 0) is 0 Å². The number of aliphatic imine (C=N–C) groups is 1. The number of aromatic amines is 1. The summed E-state index contributed by atoms with van der Waals surface area (Å²) in [6.45, 7) is 2.00. The largest absolute Gasteiger partial charge is 0.366 e. The quantitative estimate of drug-likeness (QED) is 0.577. The lowest BCUT2D eigenvalue weighted by molar-refractivity contribution is 0.619. The van der Waals surface area contributed by atoms with Gasteiger partial charge in [-0.2, -0.15) is 5.10 Å². The smallest absolute Gasteiger partial charge is 0.101 e. The molecule has 23 heavy (non-hydrogen) atoms. The van der Waals surface area contributed by atoms with Gasteiger partial charge in [0.25, 0.3) is 0 Å². The zero-order valence-electron chi connectivity index (χ0n) is 13.6. The fraction of sp³-hybridized carbons (Fsp3) is 0.158. The molecule has 0 amide bonds. The van der Waals surface area contributed by atoms with E-state index >= 15 is 0 Å². The second-order valence-corrected chi connectivity index (χ2v) is 5.60. The van der Waals surface area contributed by atoms with Crippen molar-refractivity contribution in [3.8, 4) is 0 Å². The van der Waals surface area contributed by atoms with Crippen LogP contribution in [0, 0.1) is 0 Å². The predicted molar refractivity (Wildman–Crippen MR) is 97.9 cm³/mol.